The number of likely N-dealkylation sites (tertiary alicyclic amines) is 1. The van der Waals surface area contributed by atoms with Gasteiger partial charge in [-0.2, -0.15) is 5.10 Å². The smallest absolute Gasteiger partial charge is 0.260 e. The SMILES string of the molecule is Cc1cc2n(n1)[C@@H](C(F)F)C[C@@H](C1CCCN(C(=O)C3CCCO3)C1)N2. The van der Waals surface area contributed by atoms with Crippen molar-refractivity contribution in [2.45, 2.75) is 63.6 Å². The number of halogens is 2. The van der Waals surface area contributed by atoms with Crippen molar-refractivity contribution in [2.24, 2.45) is 5.92 Å². The van der Waals surface area contributed by atoms with E-state index in [1.165, 1.54) is 4.68 Å². The Balaban J connectivity index is 1.47. The van der Waals surface area contributed by atoms with E-state index in [0.717, 1.165) is 37.9 Å². The summed E-state index contributed by atoms with van der Waals surface area (Å²) in [5, 5.41) is 7.62. The number of alkyl halides is 2. The van der Waals surface area contributed by atoms with Crippen molar-refractivity contribution < 1.29 is 18.3 Å². The predicted molar refractivity (Wildman–Crippen MR) is 92.3 cm³/mol. The van der Waals surface area contributed by atoms with Crippen LogP contribution in [0.2, 0.25) is 0 Å². The molecule has 4 rings (SSSR count). The summed E-state index contributed by atoms with van der Waals surface area (Å²) in [6, 6.07) is 0.839. The number of aromatic nitrogens is 2. The Bertz CT molecular complexity index is 660. The van der Waals surface area contributed by atoms with Gasteiger partial charge in [0.1, 0.15) is 18.0 Å². The van der Waals surface area contributed by atoms with Crippen molar-refractivity contribution in [1.29, 1.82) is 0 Å². The van der Waals surface area contributed by atoms with Crippen LogP contribution < -0.4 is 5.32 Å². The summed E-state index contributed by atoms with van der Waals surface area (Å²) in [5.74, 6) is 0.889. The topological polar surface area (TPSA) is 59.4 Å². The standard InChI is InChI=1S/C18H26F2N4O2/c1-11-8-16-21-13(9-14(17(19)20)24(16)22-11)12-4-2-6-23(10-12)18(25)15-5-3-7-26-15/h8,12-15,17,21H,2-7,9-10H2,1H3/t12?,13-,14+,15?/m0/s1. The van der Waals surface area contributed by atoms with Crippen LogP contribution in [0.5, 0.6) is 0 Å². The molecule has 0 spiro atoms. The fourth-order valence-electron chi connectivity index (χ4n) is 4.52. The van der Waals surface area contributed by atoms with E-state index in [2.05, 4.69) is 10.4 Å². The number of hydrogen-bond donors (Lipinski definition) is 1. The molecule has 1 N–H and O–H groups in total. The monoisotopic (exact) mass is 368 g/mol. The van der Waals surface area contributed by atoms with E-state index in [-0.39, 0.29) is 24.0 Å². The maximum absolute atomic E-state index is 13.6. The van der Waals surface area contributed by atoms with Gasteiger partial charge in [-0.25, -0.2) is 13.5 Å². The number of nitrogens with zero attached hydrogens (tertiary/aromatic N) is 3. The minimum absolute atomic E-state index is 0.0642. The maximum atomic E-state index is 13.6. The minimum Gasteiger partial charge on any atom is -0.368 e. The van der Waals surface area contributed by atoms with Crippen LogP contribution in [0.4, 0.5) is 14.6 Å². The summed E-state index contributed by atoms with van der Waals surface area (Å²) >= 11 is 0. The highest BCUT2D eigenvalue weighted by molar-refractivity contribution is 5.81. The largest absolute Gasteiger partial charge is 0.368 e. The molecule has 8 heteroatoms. The molecule has 3 aliphatic heterocycles. The first-order valence-electron chi connectivity index (χ1n) is 9.54. The highest BCUT2D eigenvalue weighted by Gasteiger charge is 2.39. The van der Waals surface area contributed by atoms with Crippen molar-refractivity contribution in [1.82, 2.24) is 14.7 Å². The Morgan fingerprint density at radius 2 is 2.23 bits per heavy atom. The molecule has 1 amide bonds. The molecule has 0 saturated carbocycles. The summed E-state index contributed by atoms with van der Waals surface area (Å²) in [6.07, 6.45) is 1.12. The number of rotatable bonds is 3. The molecule has 2 unspecified atom stereocenters. The second-order valence-corrected chi connectivity index (χ2v) is 7.69. The highest BCUT2D eigenvalue weighted by atomic mass is 19.3. The Hall–Kier alpha value is -1.70. The van der Waals surface area contributed by atoms with Crippen LogP contribution in [0, 0.1) is 12.8 Å². The first kappa shape index (κ1) is 17.7. The molecular weight excluding hydrogens is 342 g/mol. The van der Waals surface area contributed by atoms with Crippen LogP contribution in [0.15, 0.2) is 6.07 Å². The normalized spacial score (nSPS) is 31.8. The Morgan fingerprint density at radius 3 is 2.96 bits per heavy atom. The molecule has 0 radical (unpaired) electrons. The molecule has 0 bridgehead atoms. The van der Waals surface area contributed by atoms with E-state index in [9.17, 15) is 13.6 Å². The molecule has 3 aliphatic rings. The van der Waals surface area contributed by atoms with Gasteiger partial charge >= 0.3 is 0 Å². The fraction of sp³-hybridized carbons (Fsp3) is 0.778. The average molecular weight is 368 g/mol. The van der Waals surface area contributed by atoms with E-state index in [1.807, 2.05) is 17.9 Å². The van der Waals surface area contributed by atoms with Crippen LogP contribution >= 0.6 is 0 Å². The van der Waals surface area contributed by atoms with E-state index in [4.69, 9.17) is 4.74 Å². The van der Waals surface area contributed by atoms with Crippen molar-refractivity contribution in [2.75, 3.05) is 25.0 Å². The zero-order chi connectivity index (χ0) is 18.3. The van der Waals surface area contributed by atoms with E-state index in [0.29, 0.717) is 25.4 Å². The lowest BCUT2D eigenvalue weighted by Gasteiger charge is -2.41. The van der Waals surface area contributed by atoms with E-state index < -0.39 is 12.5 Å². The number of ether oxygens (including phenoxy) is 1. The Kier molecular flexibility index (Phi) is 4.86. The predicted octanol–water partition coefficient (Wildman–Crippen LogP) is 2.60. The van der Waals surface area contributed by atoms with Crippen molar-refractivity contribution in [3.05, 3.63) is 11.8 Å². The lowest BCUT2D eigenvalue weighted by Crippen LogP contribution is -2.50. The zero-order valence-electron chi connectivity index (χ0n) is 15.0. The molecule has 0 aromatic carbocycles. The van der Waals surface area contributed by atoms with Gasteiger partial charge in [0.2, 0.25) is 0 Å². The molecule has 2 saturated heterocycles. The first-order valence-corrected chi connectivity index (χ1v) is 9.54. The van der Waals surface area contributed by atoms with Crippen LogP contribution in [0.25, 0.3) is 0 Å². The summed E-state index contributed by atoms with van der Waals surface area (Å²) in [5.41, 5.74) is 0.734. The highest BCUT2D eigenvalue weighted by Crippen LogP contribution is 2.36. The summed E-state index contributed by atoms with van der Waals surface area (Å²) < 4.78 is 34.1. The first-order chi connectivity index (χ1) is 12.5. The summed E-state index contributed by atoms with van der Waals surface area (Å²) in [4.78, 5) is 14.5. The van der Waals surface area contributed by atoms with Gasteiger partial charge in [-0.3, -0.25) is 4.79 Å². The quantitative estimate of drug-likeness (QED) is 0.891. The number of piperidine rings is 1. The number of carbonyl (C=O) groups is 1. The van der Waals surface area contributed by atoms with Gasteiger partial charge in [-0.05, 0) is 44.9 Å². The molecule has 2 fully saturated rings. The van der Waals surface area contributed by atoms with Crippen molar-refractivity contribution in [3.8, 4) is 0 Å². The third-order valence-corrected chi connectivity index (χ3v) is 5.84. The third-order valence-electron chi connectivity index (χ3n) is 5.84. The lowest BCUT2D eigenvalue weighted by molar-refractivity contribution is -0.143. The average Bonchev–Trinajstić information content (AvgIpc) is 3.28. The van der Waals surface area contributed by atoms with Gasteiger partial charge < -0.3 is 15.0 Å². The maximum Gasteiger partial charge on any atom is 0.260 e. The molecule has 6 nitrogen and oxygen atoms in total. The molecule has 144 valence electrons. The van der Waals surface area contributed by atoms with Crippen LogP contribution in [0.1, 0.15) is 43.8 Å². The van der Waals surface area contributed by atoms with Gasteiger partial charge in [-0.1, -0.05) is 0 Å². The van der Waals surface area contributed by atoms with Gasteiger partial charge in [-0.15, -0.1) is 0 Å². The number of fused-ring (bicyclic) bond motifs is 1. The van der Waals surface area contributed by atoms with Gasteiger partial charge in [0.25, 0.3) is 12.3 Å². The second kappa shape index (κ2) is 7.13. The summed E-state index contributed by atoms with van der Waals surface area (Å²) in [6.45, 7) is 3.81. The number of anilines is 1. The van der Waals surface area contributed by atoms with Gasteiger partial charge in [0, 0.05) is 31.8 Å². The number of carbonyl (C=O) groups excluding carboxylic acids is 1. The number of nitrogens with one attached hydrogen (secondary N) is 1. The minimum atomic E-state index is -2.45. The molecule has 1 aromatic rings. The number of amides is 1. The van der Waals surface area contributed by atoms with Crippen molar-refractivity contribution in [3.63, 3.8) is 0 Å². The van der Waals surface area contributed by atoms with Crippen molar-refractivity contribution >= 4 is 11.7 Å². The van der Waals surface area contributed by atoms with E-state index >= 15 is 0 Å². The van der Waals surface area contributed by atoms with Crippen LogP contribution in [-0.2, 0) is 9.53 Å². The second-order valence-electron chi connectivity index (χ2n) is 7.69. The molecular formula is C18H26F2N4O2. The molecule has 26 heavy (non-hydrogen) atoms. The van der Waals surface area contributed by atoms with Crippen LogP contribution in [-0.4, -0.2) is 58.9 Å². The van der Waals surface area contributed by atoms with E-state index in [1.54, 1.807) is 0 Å². The Morgan fingerprint density at radius 1 is 1.38 bits per heavy atom. The molecule has 4 heterocycles. The van der Waals surface area contributed by atoms with Gasteiger partial charge in [0.05, 0.1) is 5.69 Å². The van der Waals surface area contributed by atoms with Crippen LogP contribution in [0.3, 0.4) is 0 Å². The summed E-state index contributed by atoms with van der Waals surface area (Å²) in [7, 11) is 0. The fourth-order valence-corrected chi connectivity index (χ4v) is 4.52. The zero-order valence-corrected chi connectivity index (χ0v) is 15.0. The Labute approximate surface area is 151 Å². The lowest BCUT2D eigenvalue weighted by atomic mass is 9.85. The number of aryl methyl sites for hydroxylation is 1. The molecule has 1 aromatic heterocycles. The number of hydrogen-bond acceptors (Lipinski definition) is 4. The third kappa shape index (κ3) is 3.31. The molecule has 4 atom stereocenters. The molecule has 0 aliphatic carbocycles. The van der Waals surface area contributed by atoms with Gasteiger partial charge in [0.15, 0.2) is 0 Å².